The molecular formula is C63H67BBr3F10LiN9O11S5. The topological polar surface area (TPSA) is 342 Å². The number of methoxy groups -OCH3 is 3. The van der Waals surface area contributed by atoms with E-state index in [2.05, 4.69) is 77.8 Å². The first-order chi connectivity index (χ1) is 46.3. The average molecular weight is 1730 g/mol. The molecule has 1 unspecified atom stereocenters. The first-order valence-electron chi connectivity index (χ1n) is 29.2. The molecule has 0 bridgehead atoms. The van der Waals surface area contributed by atoms with Gasteiger partial charge in [0.2, 0.25) is 0 Å². The predicted octanol–water partition coefficient (Wildman–Crippen LogP) is 8.94. The number of aliphatic hydroxyl groups excluding tert-OH is 2. The van der Waals surface area contributed by atoms with Gasteiger partial charge >= 0.3 is 41.2 Å². The van der Waals surface area contributed by atoms with Crippen molar-refractivity contribution in [3.8, 4) is 5.75 Å². The minimum absolute atomic E-state index is 0. The summed E-state index contributed by atoms with van der Waals surface area (Å²) in [5.41, 5.74) is 18.8. The molecule has 0 spiro atoms. The quantitative estimate of drug-likeness (QED) is 0.0196. The normalized spacial score (nSPS) is 31.5. The summed E-state index contributed by atoms with van der Waals surface area (Å²) in [7, 11) is -1.02. The number of alkyl halides is 6. The largest absolute Gasteiger partial charge is 1.00 e. The van der Waals surface area contributed by atoms with E-state index in [0.29, 0.717) is 60.7 Å². The number of ether oxygens (including phenoxy) is 3. The minimum Gasteiger partial charge on any atom is -1.00 e. The van der Waals surface area contributed by atoms with Crippen molar-refractivity contribution in [1.29, 1.82) is 0 Å². The molecule has 555 valence electrons. The molecule has 103 heavy (non-hydrogen) atoms. The van der Waals surface area contributed by atoms with Crippen LogP contribution in [0.2, 0.25) is 0 Å². The number of hydrogen-bond donors (Lipinski definition) is 9. The van der Waals surface area contributed by atoms with E-state index < -0.39 is 118 Å². The number of nitrogen functional groups attached to an aromatic ring is 1. The number of carbonyl (C=O) groups is 2. The molecule has 40 heteroatoms. The number of halogens is 13. The van der Waals surface area contributed by atoms with Gasteiger partial charge in [0.25, 0.3) is 17.8 Å². The van der Waals surface area contributed by atoms with E-state index in [0.717, 1.165) is 42.8 Å². The summed E-state index contributed by atoms with van der Waals surface area (Å²) >= 11 is 13.0. The number of anilines is 1. The monoisotopic (exact) mass is 1730 g/mol. The van der Waals surface area contributed by atoms with Crippen LogP contribution in [-0.2, 0) is 58.2 Å². The molecule has 13 N–H and O–H groups in total. The number of esters is 2. The van der Waals surface area contributed by atoms with E-state index >= 15 is 8.78 Å². The molecule has 8 aliphatic rings. The summed E-state index contributed by atoms with van der Waals surface area (Å²) in [6.45, 7) is 5.57. The molecule has 4 aliphatic carbocycles. The Balaban J connectivity index is 0.000000245. The van der Waals surface area contributed by atoms with Crippen molar-refractivity contribution in [2.45, 2.75) is 107 Å². The number of benzene rings is 5. The Morgan fingerprint density at radius 1 is 0.602 bits per heavy atom. The Morgan fingerprint density at radius 3 is 1.49 bits per heavy atom. The van der Waals surface area contributed by atoms with Crippen LogP contribution in [0.5, 0.6) is 5.75 Å². The van der Waals surface area contributed by atoms with E-state index in [1.54, 1.807) is 43.5 Å². The number of thioether (sulfide) groups is 4. The number of rotatable bonds is 11. The van der Waals surface area contributed by atoms with Gasteiger partial charge in [-0.1, -0.05) is 114 Å². The number of nitrogens with two attached hydrogens (primary N) is 4. The van der Waals surface area contributed by atoms with Gasteiger partial charge in [-0.05, 0) is 125 Å². The Kier molecular flexibility index (Phi) is 25.9. The number of nitrogens with zero attached hydrogens (tertiary/aromatic N) is 4. The fourth-order valence-corrected chi connectivity index (χ4v) is 20.6. The zero-order chi connectivity index (χ0) is 74.5. The Hall–Kier alpha value is -4.89. The standard InChI is InChI=1S/C22H20BrF3N2O3S.C14H12BrF3N2O2S.C13H14BrFN2OS.C13H14F3N3OS.CH4.B.Li.H2O4S.H/c1-20(15-10-13(23)6-9-16(15)24)17-21(18(29)31-3,22(17,25)26)32-19(28-20)27-11-12-4-7-14(30-2)8-5-12;1-12(7-5-6(15)3-4-8(7)16)9-13(10(21)22-2,14(9,17)18)23-11(19)20-12;1-12(8-4-7(14)2-3-9(8)15)10-5-13(10,6-18)19-11(16)17-12;1-11(7-4-6(17)2-3-8(7)14)9-12(5-20,13(9,15)16)21-10(18)19-11;;;;1-5(2,3)4;/h4-10,17H,11H2,1-3H3,(H,27,28);3-5,9H,1-2H3,(H2,19,20);2-4,10,18H,5-6H2,1H3,(H2,16,17);2-4,9,20H,5,17H2,1H3,(H2,18,19);1H4;;;(H2,1,2,3,4);/q;;;;;;+1;;-1/t17?,20-,21-;9-,12+,13-;10-,12+,13+;9-,11+,12+;;;;;/m1000...../s1. The maximum Gasteiger partial charge on any atom is 1.00 e. The summed E-state index contributed by atoms with van der Waals surface area (Å²) in [6.07, 6.45) is 0.806. The fourth-order valence-electron chi connectivity index (χ4n) is 13.8. The molecule has 0 amide bonds. The van der Waals surface area contributed by atoms with Crippen molar-refractivity contribution in [3.05, 3.63) is 162 Å². The molecular weight excluding hydrogens is 1670 g/mol. The molecule has 13 rings (SSSR count). The van der Waals surface area contributed by atoms with Gasteiger partial charge in [0.1, 0.15) is 33.8 Å². The van der Waals surface area contributed by atoms with Crippen molar-refractivity contribution in [2.24, 2.45) is 60.8 Å². The van der Waals surface area contributed by atoms with Gasteiger partial charge in [0, 0.05) is 55.7 Å². The summed E-state index contributed by atoms with van der Waals surface area (Å²) in [5, 5.41) is 22.2. The van der Waals surface area contributed by atoms with Crippen LogP contribution in [0.4, 0.5) is 49.6 Å². The number of nitrogens with one attached hydrogen (secondary N) is 1. The molecule has 4 aliphatic heterocycles. The molecule has 12 atom stereocenters. The smallest absolute Gasteiger partial charge is 1.00 e. The van der Waals surface area contributed by atoms with Crippen molar-refractivity contribution in [1.82, 2.24) is 5.32 Å². The fraction of sp³-hybridized carbons (Fsp3) is 0.429. The van der Waals surface area contributed by atoms with Crippen LogP contribution in [0.25, 0.3) is 0 Å². The second-order valence-electron chi connectivity index (χ2n) is 24.7. The van der Waals surface area contributed by atoms with Gasteiger partial charge in [-0.2, -0.15) is 8.42 Å². The summed E-state index contributed by atoms with van der Waals surface area (Å²) in [5.74, 6) is -18.1. The number of hydrogen-bond acceptors (Lipinski definition) is 21. The van der Waals surface area contributed by atoms with Crippen LogP contribution in [0.1, 0.15) is 70.8 Å². The average Bonchev–Trinajstić information content (AvgIpc) is 1.49. The number of aliphatic imine (C=N–C) groups is 4. The first-order valence-corrected chi connectivity index (χ1v) is 36.3. The van der Waals surface area contributed by atoms with Gasteiger partial charge in [0.05, 0.1) is 85.7 Å². The molecule has 0 aromatic heterocycles. The molecule has 3 radical (unpaired) electrons. The van der Waals surface area contributed by atoms with Crippen LogP contribution in [0.3, 0.4) is 0 Å². The van der Waals surface area contributed by atoms with E-state index in [1.807, 2.05) is 6.92 Å². The molecule has 4 heterocycles. The van der Waals surface area contributed by atoms with E-state index in [4.69, 9.17) is 49.9 Å². The second-order valence-corrected chi connectivity index (χ2v) is 33.6. The van der Waals surface area contributed by atoms with Crippen molar-refractivity contribution >= 4 is 152 Å². The van der Waals surface area contributed by atoms with Crippen molar-refractivity contribution < 1.29 is 116 Å². The van der Waals surface area contributed by atoms with Crippen molar-refractivity contribution in [2.75, 3.05) is 40.3 Å². The van der Waals surface area contributed by atoms with Gasteiger partial charge < -0.3 is 54.1 Å². The molecule has 5 aromatic carbocycles. The molecule has 20 nitrogen and oxygen atoms in total. The zero-order valence-corrected chi connectivity index (χ0v) is 63.5. The van der Waals surface area contributed by atoms with Crippen LogP contribution in [-0.4, -0.2) is 140 Å². The molecule has 4 saturated carbocycles. The van der Waals surface area contributed by atoms with Crippen LogP contribution in [0.15, 0.2) is 130 Å². The Morgan fingerprint density at radius 2 is 1.01 bits per heavy atom. The van der Waals surface area contributed by atoms with E-state index in [1.165, 1.54) is 81.1 Å². The second kappa shape index (κ2) is 30.6. The zero-order valence-electron chi connectivity index (χ0n) is 55.7. The molecule has 1 saturated heterocycles. The third kappa shape index (κ3) is 15.2. The summed E-state index contributed by atoms with van der Waals surface area (Å²) in [4.78, 5) is 41.7. The van der Waals surface area contributed by atoms with Crippen LogP contribution >= 0.6 is 94.8 Å². The van der Waals surface area contributed by atoms with Crippen LogP contribution < -0.4 is 51.8 Å². The van der Waals surface area contributed by atoms with Gasteiger partial charge in [-0.3, -0.25) is 38.7 Å². The van der Waals surface area contributed by atoms with Gasteiger partial charge in [-0.25, -0.2) is 43.9 Å². The maximum absolute atomic E-state index is 15.3. The number of aliphatic hydroxyl groups is 2. The summed E-state index contributed by atoms with van der Waals surface area (Å²) < 4.78 is 187. The number of amidine groups is 4. The molecule has 5 aromatic rings. The van der Waals surface area contributed by atoms with Crippen molar-refractivity contribution in [3.63, 3.8) is 0 Å². The van der Waals surface area contributed by atoms with E-state index in [-0.39, 0.29) is 104 Å². The van der Waals surface area contributed by atoms with Crippen LogP contribution in [0, 0.1) is 46.9 Å². The third-order valence-electron chi connectivity index (χ3n) is 18.6. The summed E-state index contributed by atoms with van der Waals surface area (Å²) in [6, 6.07) is 23.8. The Bertz CT molecular complexity index is 4380. The third-order valence-corrected chi connectivity index (χ3v) is 25.4. The minimum atomic E-state index is -4.67. The first kappa shape index (κ1) is 87.0. The Labute approximate surface area is 643 Å². The van der Waals surface area contributed by atoms with Gasteiger partial charge in [0.15, 0.2) is 30.2 Å². The van der Waals surface area contributed by atoms with E-state index in [9.17, 15) is 54.9 Å². The maximum atomic E-state index is 15.3. The number of carbonyl (C=O) groups excluding carboxylic acids is 2. The SMILES string of the molecule is C.COC(=O)[C@@]12SC(N)=N[C@](C)(c3cc(Br)ccc3F)[C@@H]1C2(F)F.COC(=O)[C@]12SC(=NCc3ccc(OC)cc3)N[C@](C)(c3cc(Br)ccc3F)C1C2(F)F.C[C@]1(c2cc(Br)ccc2F)N=C(N)S[C@@]2(CO)C[C@H]21.C[C@]1(c2cc(N)ccc2F)N=C(N)S[C@]2(CO)[C@H]1C2(F)F.O=S(=O)(O)O.[B].[H-].[Li+]. The van der Waals surface area contributed by atoms with Gasteiger partial charge in [-0.15, -0.1) is 0 Å². The predicted molar refractivity (Wildman–Crippen MR) is 385 cm³/mol. The number of fused-ring (bicyclic) bond motifs is 4. The molecule has 5 fully saturated rings.